The minimum absolute atomic E-state index is 0.129. The minimum Gasteiger partial charge on any atom is -0.463 e. The fraction of sp³-hybridized carbons (Fsp3) is 0.500. The molecule has 1 saturated heterocycles. The zero-order valence-corrected chi connectivity index (χ0v) is 16.0. The predicted octanol–water partition coefficient (Wildman–Crippen LogP) is 1.35. The average Bonchev–Trinajstić information content (AvgIpc) is 2.66. The number of aliphatic hydroxyl groups is 1. The lowest BCUT2D eigenvalue weighted by molar-refractivity contribution is -0.309. The molecule has 1 N–H and O–H groups in total. The lowest BCUT2D eigenvalue weighted by Gasteiger charge is -2.43. The summed E-state index contributed by atoms with van der Waals surface area (Å²) in [6, 6.07) is 9.34. The highest BCUT2D eigenvalue weighted by atomic mass is 16.7. The Morgan fingerprint density at radius 2 is 1.86 bits per heavy atom. The van der Waals surface area contributed by atoms with Crippen LogP contribution in [0.1, 0.15) is 19.4 Å². The Balaban J connectivity index is 2.20. The Bertz CT molecular complexity index is 647. The van der Waals surface area contributed by atoms with E-state index in [9.17, 15) is 14.7 Å². The minimum atomic E-state index is -1.21. The van der Waals surface area contributed by atoms with Gasteiger partial charge < -0.3 is 28.8 Å². The van der Waals surface area contributed by atoms with Gasteiger partial charge in [0.25, 0.3) is 0 Å². The molecule has 5 atom stereocenters. The molecule has 8 heteroatoms. The maximum absolute atomic E-state index is 11.6. The summed E-state index contributed by atoms with van der Waals surface area (Å²) in [6.45, 7) is 6.20. The number of hydrogen-bond donors (Lipinski definition) is 1. The van der Waals surface area contributed by atoms with E-state index in [0.29, 0.717) is 0 Å². The van der Waals surface area contributed by atoms with E-state index >= 15 is 0 Å². The maximum atomic E-state index is 11.6. The molecule has 0 aromatic heterocycles. The molecule has 2 rings (SSSR count). The number of carbonyl (C=O) groups is 2. The first-order valence-electron chi connectivity index (χ1n) is 8.94. The molecule has 1 aliphatic rings. The molecule has 0 aliphatic carbocycles. The van der Waals surface area contributed by atoms with Crippen molar-refractivity contribution in [1.29, 1.82) is 0 Å². The van der Waals surface area contributed by atoms with E-state index in [-0.39, 0.29) is 19.8 Å². The van der Waals surface area contributed by atoms with Crippen molar-refractivity contribution in [1.82, 2.24) is 0 Å². The van der Waals surface area contributed by atoms with Gasteiger partial charge in [0.15, 0.2) is 12.4 Å². The molecule has 0 saturated carbocycles. The Morgan fingerprint density at radius 1 is 1.14 bits per heavy atom. The molecule has 0 radical (unpaired) electrons. The van der Waals surface area contributed by atoms with Gasteiger partial charge in [-0.05, 0) is 5.56 Å². The van der Waals surface area contributed by atoms with Gasteiger partial charge in [-0.15, -0.1) is 6.58 Å². The van der Waals surface area contributed by atoms with Gasteiger partial charge in [-0.3, -0.25) is 9.59 Å². The van der Waals surface area contributed by atoms with Crippen molar-refractivity contribution in [3.8, 4) is 0 Å². The summed E-state index contributed by atoms with van der Waals surface area (Å²) in [5.41, 5.74) is 0.878. The summed E-state index contributed by atoms with van der Waals surface area (Å²) in [7, 11) is 0. The molecule has 0 amide bonds. The average molecular weight is 394 g/mol. The molecule has 28 heavy (non-hydrogen) atoms. The Hall–Kier alpha value is -2.26. The zero-order chi connectivity index (χ0) is 20.5. The molecule has 0 unspecified atom stereocenters. The summed E-state index contributed by atoms with van der Waals surface area (Å²) < 4.78 is 27.4. The molecule has 1 fully saturated rings. The van der Waals surface area contributed by atoms with E-state index in [0.717, 1.165) is 5.56 Å². The molecule has 154 valence electrons. The van der Waals surface area contributed by atoms with Crippen LogP contribution in [0.3, 0.4) is 0 Å². The van der Waals surface area contributed by atoms with Gasteiger partial charge in [-0.1, -0.05) is 36.4 Å². The summed E-state index contributed by atoms with van der Waals surface area (Å²) in [5.74, 6) is -1.08. The first-order chi connectivity index (χ1) is 13.4. The van der Waals surface area contributed by atoms with E-state index < -0.39 is 42.6 Å². The zero-order valence-electron chi connectivity index (χ0n) is 16.0. The second-order valence-corrected chi connectivity index (χ2v) is 6.29. The van der Waals surface area contributed by atoms with E-state index in [1.54, 1.807) is 0 Å². The van der Waals surface area contributed by atoms with Gasteiger partial charge in [0, 0.05) is 13.8 Å². The normalized spacial score (nSPS) is 27.0. The van der Waals surface area contributed by atoms with E-state index in [1.165, 1.54) is 19.9 Å². The number of ether oxygens (including phenoxy) is 5. The number of esters is 2. The third-order valence-corrected chi connectivity index (χ3v) is 4.04. The van der Waals surface area contributed by atoms with Crippen LogP contribution >= 0.6 is 0 Å². The topological polar surface area (TPSA) is 101 Å². The van der Waals surface area contributed by atoms with Gasteiger partial charge in [-0.2, -0.15) is 0 Å². The van der Waals surface area contributed by atoms with Crippen LogP contribution in [0.15, 0.2) is 43.0 Å². The SMILES string of the molecule is C=CCO[C@@H]1O[C@H](COC(C)=O)[C@@H](O)[C@H](OCc2ccccc2)[C@H]1OC(C)=O. The van der Waals surface area contributed by atoms with Gasteiger partial charge in [0.05, 0.1) is 13.2 Å². The molecule has 1 aromatic carbocycles. The lowest BCUT2D eigenvalue weighted by Crippen LogP contribution is -2.61. The monoisotopic (exact) mass is 394 g/mol. The summed E-state index contributed by atoms with van der Waals surface area (Å²) in [6.07, 6.45) is -3.59. The fourth-order valence-electron chi connectivity index (χ4n) is 2.80. The van der Waals surface area contributed by atoms with Crippen molar-refractivity contribution in [3.05, 3.63) is 48.6 Å². The Kier molecular flexibility index (Phi) is 8.59. The van der Waals surface area contributed by atoms with Crippen molar-refractivity contribution in [2.75, 3.05) is 13.2 Å². The third-order valence-electron chi connectivity index (χ3n) is 4.04. The number of benzene rings is 1. The standard InChI is InChI=1S/C20H26O8/c1-4-10-24-20-19(27-14(3)22)18(26-11-15-8-6-5-7-9-15)17(23)16(28-20)12-25-13(2)21/h4-9,16-20,23H,1,10-12H2,2-3H3/t16-,17-,18+,19-,20-/m1/s1. The van der Waals surface area contributed by atoms with Crippen LogP contribution in [0.5, 0.6) is 0 Å². The first kappa shape index (κ1) is 22.0. The molecule has 1 aromatic rings. The lowest BCUT2D eigenvalue weighted by atomic mass is 9.98. The van der Waals surface area contributed by atoms with Gasteiger partial charge in [0.1, 0.15) is 24.9 Å². The largest absolute Gasteiger partial charge is 0.463 e. The van der Waals surface area contributed by atoms with Gasteiger partial charge >= 0.3 is 11.9 Å². The summed E-state index contributed by atoms with van der Waals surface area (Å²) in [5, 5.41) is 10.7. The van der Waals surface area contributed by atoms with Crippen LogP contribution in [-0.2, 0) is 39.9 Å². The van der Waals surface area contributed by atoms with Crippen molar-refractivity contribution in [2.45, 2.75) is 51.2 Å². The summed E-state index contributed by atoms with van der Waals surface area (Å²) >= 11 is 0. The van der Waals surface area contributed by atoms with Crippen LogP contribution in [-0.4, -0.2) is 61.0 Å². The van der Waals surface area contributed by atoms with Gasteiger partial charge in [0.2, 0.25) is 0 Å². The molecule has 0 bridgehead atoms. The smallest absolute Gasteiger partial charge is 0.303 e. The Labute approximate surface area is 164 Å². The van der Waals surface area contributed by atoms with Crippen molar-refractivity contribution < 1.29 is 38.4 Å². The van der Waals surface area contributed by atoms with E-state index in [2.05, 4.69) is 6.58 Å². The quantitative estimate of drug-likeness (QED) is 0.495. The molecular formula is C20H26O8. The number of hydrogen-bond acceptors (Lipinski definition) is 8. The van der Waals surface area contributed by atoms with Crippen LogP contribution in [0.2, 0.25) is 0 Å². The van der Waals surface area contributed by atoms with Crippen molar-refractivity contribution >= 4 is 11.9 Å². The Morgan fingerprint density at radius 3 is 2.46 bits per heavy atom. The highest BCUT2D eigenvalue weighted by molar-refractivity contribution is 5.66. The molecular weight excluding hydrogens is 368 g/mol. The molecule has 1 heterocycles. The molecule has 8 nitrogen and oxygen atoms in total. The highest BCUT2D eigenvalue weighted by Crippen LogP contribution is 2.28. The second-order valence-electron chi connectivity index (χ2n) is 6.29. The van der Waals surface area contributed by atoms with Crippen molar-refractivity contribution in [2.24, 2.45) is 0 Å². The van der Waals surface area contributed by atoms with E-state index in [4.69, 9.17) is 23.7 Å². The van der Waals surface area contributed by atoms with Crippen LogP contribution in [0.25, 0.3) is 0 Å². The van der Waals surface area contributed by atoms with Gasteiger partial charge in [-0.25, -0.2) is 0 Å². The number of aliphatic hydroxyl groups excluding tert-OH is 1. The van der Waals surface area contributed by atoms with Crippen LogP contribution < -0.4 is 0 Å². The number of rotatable bonds is 9. The highest BCUT2D eigenvalue weighted by Gasteiger charge is 2.49. The first-order valence-corrected chi connectivity index (χ1v) is 8.94. The number of carbonyl (C=O) groups excluding carboxylic acids is 2. The maximum Gasteiger partial charge on any atom is 0.303 e. The molecule has 0 spiro atoms. The van der Waals surface area contributed by atoms with Crippen LogP contribution in [0.4, 0.5) is 0 Å². The van der Waals surface area contributed by atoms with Crippen LogP contribution in [0, 0.1) is 0 Å². The third kappa shape index (κ3) is 6.42. The fourth-order valence-corrected chi connectivity index (χ4v) is 2.80. The predicted molar refractivity (Wildman–Crippen MR) is 98.0 cm³/mol. The second kappa shape index (κ2) is 10.9. The summed E-state index contributed by atoms with van der Waals surface area (Å²) in [4.78, 5) is 22.7. The molecule has 1 aliphatic heterocycles. The van der Waals surface area contributed by atoms with E-state index in [1.807, 2.05) is 30.3 Å². The van der Waals surface area contributed by atoms with Crippen molar-refractivity contribution in [3.63, 3.8) is 0 Å².